The third-order valence-electron chi connectivity index (χ3n) is 5.99. The maximum atomic E-state index is 12.3. The van der Waals surface area contributed by atoms with Gasteiger partial charge in [-0.3, -0.25) is 4.79 Å². The zero-order chi connectivity index (χ0) is 23.9. The number of benzene rings is 2. The highest BCUT2D eigenvalue weighted by atomic mass is 28.4. The maximum Gasteiger partial charge on any atom is 0.308 e. The lowest BCUT2D eigenvalue weighted by Crippen LogP contribution is -2.41. The Labute approximate surface area is 192 Å². The molecule has 1 N–H and O–H groups in total. The molecule has 0 aliphatic carbocycles. The van der Waals surface area contributed by atoms with Gasteiger partial charge in [-0.25, -0.2) is 0 Å². The van der Waals surface area contributed by atoms with Gasteiger partial charge in [-0.15, -0.1) is 0 Å². The molecule has 0 heterocycles. The summed E-state index contributed by atoms with van der Waals surface area (Å²) in [6.45, 7) is 12.6. The molecule has 7 heteroatoms. The number of rotatable bonds is 10. The Hall–Kier alpha value is -2.35. The average Bonchev–Trinajstić information content (AvgIpc) is 2.73. The van der Waals surface area contributed by atoms with Crippen molar-refractivity contribution in [3.63, 3.8) is 0 Å². The van der Waals surface area contributed by atoms with Crippen LogP contribution in [0, 0.1) is 6.92 Å². The van der Waals surface area contributed by atoms with E-state index >= 15 is 0 Å². The van der Waals surface area contributed by atoms with Gasteiger partial charge in [0, 0.05) is 12.0 Å². The van der Waals surface area contributed by atoms with E-state index in [0.717, 1.165) is 11.1 Å². The number of ether oxygens (including phenoxy) is 3. The van der Waals surface area contributed by atoms with Crippen LogP contribution in [0.15, 0.2) is 42.5 Å². The summed E-state index contributed by atoms with van der Waals surface area (Å²) in [7, 11) is -0.409. The summed E-state index contributed by atoms with van der Waals surface area (Å²) in [5.74, 6) is 0.622. The highest BCUT2D eigenvalue weighted by Crippen LogP contribution is 2.36. The molecule has 176 valence electrons. The molecular formula is C25H36O6Si. The minimum atomic E-state index is -1.96. The van der Waals surface area contributed by atoms with Crippen LogP contribution in [-0.4, -0.2) is 33.3 Å². The van der Waals surface area contributed by atoms with Crippen molar-refractivity contribution in [3.8, 4) is 11.5 Å². The topological polar surface area (TPSA) is 74.2 Å². The van der Waals surface area contributed by atoms with Gasteiger partial charge in [0.15, 0.2) is 26.6 Å². The summed E-state index contributed by atoms with van der Waals surface area (Å²) >= 11 is 0. The van der Waals surface area contributed by atoms with Crippen LogP contribution in [0.4, 0.5) is 0 Å². The Kier molecular flexibility index (Phi) is 8.89. The number of carbonyl (C=O) groups is 1. The van der Waals surface area contributed by atoms with Crippen molar-refractivity contribution in [2.45, 2.75) is 65.0 Å². The van der Waals surface area contributed by atoms with Gasteiger partial charge >= 0.3 is 5.97 Å². The molecule has 0 amide bonds. The predicted molar refractivity (Wildman–Crippen MR) is 127 cm³/mol. The van der Waals surface area contributed by atoms with Crippen LogP contribution < -0.4 is 9.47 Å². The molecule has 0 saturated carbocycles. The van der Waals surface area contributed by atoms with Crippen molar-refractivity contribution in [1.82, 2.24) is 0 Å². The lowest BCUT2D eigenvalue weighted by atomic mass is 10.0. The first-order valence-corrected chi connectivity index (χ1v) is 13.7. The fourth-order valence-corrected chi connectivity index (χ4v) is 3.59. The molecule has 32 heavy (non-hydrogen) atoms. The number of carbonyl (C=O) groups excluding carboxylic acids is 1. The fourth-order valence-electron chi connectivity index (χ4n) is 2.80. The van der Waals surface area contributed by atoms with Gasteiger partial charge in [-0.05, 0) is 54.7 Å². The van der Waals surface area contributed by atoms with Crippen LogP contribution in [0.5, 0.6) is 11.5 Å². The Bertz CT molecular complexity index is 889. The molecule has 0 aliphatic heterocycles. The molecule has 0 spiro atoms. The second-order valence-corrected chi connectivity index (χ2v) is 14.2. The zero-order valence-corrected chi connectivity index (χ0v) is 21.2. The first kappa shape index (κ1) is 25.9. The smallest absolute Gasteiger partial charge is 0.308 e. The first-order valence-electron chi connectivity index (χ1n) is 10.8. The second-order valence-electron chi connectivity index (χ2n) is 9.35. The van der Waals surface area contributed by atoms with Gasteiger partial charge in [-0.2, -0.15) is 0 Å². The summed E-state index contributed by atoms with van der Waals surface area (Å²) in [6.07, 6.45) is -0.431. The van der Waals surface area contributed by atoms with Crippen LogP contribution in [-0.2, 0) is 20.4 Å². The standard InChI is InChI=1S/C25H36O6Si/c1-18-15-21(28-5)22(31-24(27)19-11-9-8-10-12-19)16-20(18)13-14-23(26)29-17-30-32(6,7)25(2,3)4/h8-12,15-16,24,27H,13-14,17H2,1-7H3. The van der Waals surface area contributed by atoms with Crippen molar-refractivity contribution in [2.75, 3.05) is 13.9 Å². The van der Waals surface area contributed by atoms with Crippen LogP contribution in [0.2, 0.25) is 18.1 Å². The minimum Gasteiger partial charge on any atom is -0.493 e. The Morgan fingerprint density at radius 3 is 2.34 bits per heavy atom. The lowest BCUT2D eigenvalue weighted by Gasteiger charge is -2.35. The van der Waals surface area contributed by atoms with Gasteiger partial charge < -0.3 is 23.7 Å². The molecule has 2 aromatic rings. The molecule has 0 fully saturated rings. The van der Waals surface area contributed by atoms with Crippen molar-refractivity contribution in [3.05, 3.63) is 59.2 Å². The van der Waals surface area contributed by atoms with Crippen LogP contribution >= 0.6 is 0 Å². The maximum absolute atomic E-state index is 12.3. The molecule has 0 bridgehead atoms. The fraction of sp³-hybridized carbons (Fsp3) is 0.480. The first-order chi connectivity index (χ1) is 14.9. The van der Waals surface area contributed by atoms with Crippen molar-refractivity contribution < 1.29 is 28.5 Å². The van der Waals surface area contributed by atoms with Crippen LogP contribution in [0.1, 0.15) is 50.2 Å². The SMILES string of the molecule is COc1cc(C)c(CCC(=O)OCO[Si](C)(C)C(C)(C)C)cc1OC(O)c1ccccc1. The van der Waals surface area contributed by atoms with Crippen molar-refractivity contribution in [1.29, 1.82) is 0 Å². The molecule has 2 aromatic carbocycles. The van der Waals surface area contributed by atoms with E-state index < -0.39 is 14.6 Å². The molecule has 1 unspecified atom stereocenters. The molecule has 1 atom stereocenters. The van der Waals surface area contributed by atoms with E-state index in [1.54, 1.807) is 25.3 Å². The van der Waals surface area contributed by atoms with E-state index in [-0.39, 0.29) is 24.2 Å². The monoisotopic (exact) mass is 460 g/mol. The lowest BCUT2D eigenvalue weighted by molar-refractivity contribution is -0.150. The molecule has 0 aliphatic rings. The highest BCUT2D eigenvalue weighted by Gasteiger charge is 2.37. The number of hydrogen-bond donors (Lipinski definition) is 1. The van der Waals surface area contributed by atoms with E-state index in [2.05, 4.69) is 33.9 Å². The van der Waals surface area contributed by atoms with E-state index in [1.807, 2.05) is 31.2 Å². The number of aryl methyl sites for hydroxylation is 2. The Balaban J connectivity index is 1.99. The van der Waals surface area contributed by atoms with E-state index in [1.165, 1.54) is 0 Å². The molecule has 6 nitrogen and oxygen atoms in total. The number of esters is 1. The summed E-state index contributed by atoms with van der Waals surface area (Å²) in [5.41, 5.74) is 2.53. The van der Waals surface area contributed by atoms with E-state index in [4.69, 9.17) is 18.6 Å². The van der Waals surface area contributed by atoms with Gasteiger partial charge in [0.25, 0.3) is 0 Å². The molecule has 0 saturated heterocycles. The summed E-state index contributed by atoms with van der Waals surface area (Å²) in [6, 6.07) is 12.8. The van der Waals surface area contributed by atoms with E-state index in [0.29, 0.717) is 23.5 Å². The average molecular weight is 461 g/mol. The van der Waals surface area contributed by atoms with Gasteiger partial charge in [-0.1, -0.05) is 51.1 Å². The van der Waals surface area contributed by atoms with E-state index in [9.17, 15) is 9.90 Å². The third-order valence-corrected chi connectivity index (χ3v) is 10.4. The minimum absolute atomic E-state index is 0.0193. The summed E-state index contributed by atoms with van der Waals surface area (Å²) in [4.78, 5) is 12.3. The quantitative estimate of drug-likeness (QED) is 0.285. The van der Waals surface area contributed by atoms with Crippen molar-refractivity contribution in [2.24, 2.45) is 0 Å². The highest BCUT2D eigenvalue weighted by molar-refractivity contribution is 6.74. The number of methoxy groups -OCH3 is 1. The summed E-state index contributed by atoms with van der Waals surface area (Å²) in [5, 5.41) is 10.5. The Morgan fingerprint density at radius 2 is 1.75 bits per heavy atom. The van der Waals surface area contributed by atoms with Gasteiger partial charge in [0.2, 0.25) is 6.29 Å². The zero-order valence-electron chi connectivity index (χ0n) is 20.2. The number of aliphatic hydroxyl groups excluding tert-OH is 1. The van der Waals surface area contributed by atoms with Gasteiger partial charge in [0.05, 0.1) is 7.11 Å². The van der Waals surface area contributed by atoms with Crippen LogP contribution in [0.3, 0.4) is 0 Å². The second kappa shape index (κ2) is 11.0. The van der Waals surface area contributed by atoms with Crippen LogP contribution in [0.25, 0.3) is 0 Å². The molecule has 0 radical (unpaired) electrons. The Morgan fingerprint density at radius 1 is 1.09 bits per heavy atom. The molecule has 0 aromatic heterocycles. The van der Waals surface area contributed by atoms with Gasteiger partial charge in [0.1, 0.15) is 0 Å². The normalized spacial score (nSPS) is 12.9. The number of hydrogen-bond acceptors (Lipinski definition) is 6. The number of aliphatic hydroxyl groups is 1. The third kappa shape index (κ3) is 7.08. The predicted octanol–water partition coefficient (Wildman–Crippen LogP) is 5.53. The molecule has 2 rings (SSSR count). The van der Waals surface area contributed by atoms with Crippen molar-refractivity contribution >= 4 is 14.3 Å². The molecular weight excluding hydrogens is 424 g/mol. The largest absolute Gasteiger partial charge is 0.493 e. The summed E-state index contributed by atoms with van der Waals surface area (Å²) < 4.78 is 22.4.